The molecular formula is C23H21FN6O3. The molecule has 0 unspecified atom stereocenters. The van der Waals surface area contributed by atoms with Crippen molar-refractivity contribution in [2.24, 2.45) is 0 Å². The number of benzene rings is 2. The highest BCUT2D eigenvalue weighted by atomic mass is 19.1. The van der Waals surface area contributed by atoms with Gasteiger partial charge in [0.25, 0.3) is 0 Å². The molecule has 0 saturated carbocycles. The summed E-state index contributed by atoms with van der Waals surface area (Å²) in [5.74, 6) is 0.268. The Morgan fingerprint density at radius 1 is 1.21 bits per heavy atom. The van der Waals surface area contributed by atoms with Crippen LogP contribution >= 0.6 is 0 Å². The Balaban J connectivity index is 1.31. The summed E-state index contributed by atoms with van der Waals surface area (Å²) < 4.78 is 28.0. The van der Waals surface area contributed by atoms with Gasteiger partial charge < -0.3 is 14.0 Å². The number of anilines is 1. The van der Waals surface area contributed by atoms with Crippen LogP contribution < -0.4 is 9.64 Å². The standard InChI is InChI=1S/C23H21FN6O3/c1-15-10-28(14-25-15)21-7-6-16(8-22(21)32-2)20-13-29(27-26-20)11-19-12-30(23(31)33-19)18-5-3-4-17(24)9-18/h3-10,13-14,19H,11-12H2,1-2H3/t19-/m0/s1. The van der Waals surface area contributed by atoms with Crippen LogP contribution in [0.3, 0.4) is 0 Å². The van der Waals surface area contributed by atoms with Gasteiger partial charge in [0, 0.05) is 11.8 Å². The van der Waals surface area contributed by atoms with Crippen LogP contribution in [0.1, 0.15) is 5.69 Å². The molecule has 1 aliphatic heterocycles. The minimum absolute atomic E-state index is 0.296. The number of halogens is 1. The predicted octanol–water partition coefficient (Wildman–Crippen LogP) is 3.61. The Hall–Kier alpha value is -4.21. The summed E-state index contributed by atoms with van der Waals surface area (Å²) in [5.41, 5.74) is 3.73. The lowest BCUT2D eigenvalue weighted by atomic mass is 10.1. The third kappa shape index (κ3) is 4.14. The maximum atomic E-state index is 13.5. The molecule has 1 amide bonds. The van der Waals surface area contributed by atoms with E-state index in [-0.39, 0.29) is 0 Å². The van der Waals surface area contributed by atoms with Crippen molar-refractivity contribution in [2.45, 2.75) is 19.6 Å². The Bertz CT molecular complexity index is 1320. The fourth-order valence-corrected chi connectivity index (χ4v) is 3.80. The van der Waals surface area contributed by atoms with Gasteiger partial charge in [-0.15, -0.1) is 5.10 Å². The van der Waals surface area contributed by atoms with E-state index >= 15 is 0 Å². The van der Waals surface area contributed by atoms with Gasteiger partial charge in [-0.05, 0) is 37.3 Å². The Labute approximate surface area is 189 Å². The molecule has 0 N–H and O–H groups in total. The topological polar surface area (TPSA) is 87.3 Å². The number of imidazole rings is 1. The van der Waals surface area contributed by atoms with Crippen LogP contribution in [-0.4, -0.2) is 50.4 Å². The van der Waals surface area contributed by atoms with Crippen LogP contribution in [0.25, 0.3) is 16.9 Å². The van der Waals surface area contributed by atoms with E-state index in [0.717, 1.165) is 16.9 Å². The van der Waals surface area contributed by atoms with E-state index in [2.05, 4.69) is 15.3 Å². The van der Waals surface area contributed by atoms with Crippen LogP contribution in [0, 0.1) is 12.7 Å². The molecule has 168 valence electrons. The number of aromatic nitrogens is 5. The number of amides is 1. The zero-order chi connectivity index (χ0) is 22.9. The third-order valence-electron chi connectivity index (χ3n) is 5.39. The van der Waals surface area contributed by atoms with Crippen LogP contribution in [-0.2, 0) is 11.3 Å². The van der Waals surface area contributed by atoms with Gasteiger partial charge in [-0.25, -0.2) is 18.9 Å². The molecule has 3 heterocycles. The average molecular weight is 448 g/mol. The molecule has 0 radical (unpaired) electrons. The van der Waals surface area contributed by atoms with E-state index < -0.39 is 18.0 Å². The van der Waals surface area contributed by atoms with E-state index in [0.29, 0.717) is 30.2 Å². The maximum absolute atomic E-state index is 13.5. The Morgan fingerprint density at radius 3 is 2.85 bits per heavy atom. The number of rotatable bonds is 6. The van der Waals surface area contributed by atoms with Crippen LogP contribution in [0.5, 0.6) is 5.75 Å². The first kappa shape index (κ1) is 20.7. The number of hydrogen-bond donors (Lipinski definition) is 0. The second-order valence-electron chi connectivity index (χ2n) is 7.73. The van der Waals surface area contributed by atoms with Gasteiger partial charge >= 0.3 is 6.09 Å². The Kier molecular flexibility index (Phi) is 5.25. The lowest BCUT2D eigenvalue weighted by Gasteiger charge is -2.12. The van der Waals surface area contributed by atoms with Crippen molar-refractivity contribution in [3.8, 4) is 22.7 Å². The molecule has 1 saturated heterocycles. The average Bonchev–Trinajstić information content (AvgIpc) is 3.54. The van der Waals surface area contributed by atoms with Crippen molar-refractivity contribution in [3.05, 3.63) is 72.7 Å². The first-order chi connectivity index (χ1) is 16.0. The summed E-state index contributed by atoms with van der Waals surface area (Å²) in [5, 5.41) is 8.43. The van der Waals surface area contributed by atoms with Crippen molar-refractivity contribution in [3.63, 3.8) is 0 Å². The number of hydrogen-bond acceptors (Lipinski definition) is 6. The van der Waals surface area contributed by atoms with Crippen molar-refractivity contribution in [1.29, 1.82) is 0 Å². The molecule has 0 aliphatic carbocycles. The Morgan fingerprint density at radius 2 is 2.09 bits per heavy atom. The van der Waals surface area contributed by atoms with E-state index in [1.807, 2.05) is 35.9 Å². The maximum Gasteiger partial charge on any atom is 0.414 e. The zero-order valence-electron chi connectivity index (χ0n) is 18.1. The molecule has 2 aromatic carbocycles. The molecular weight excluding hydrogens is 427 g/mol. The lowest BCUT2D eigenvalue weighted by Crippen LogP contribution is -2.26. The van der Waals surface area contributed by atoms with Crippen molar-refractivity contribution in [1.82, 2.24) is 24.5 Å². The SMILES string of the molecule is COc1cc(-c2cn(C[C@H]3CN(c4cccc(F)c4)C(=O)O3)nn2)ccc1-n1cnc(C)c1. The van der Waals surface area contributed by atoms with Crippen molar-refractivity contribution < 1.29 is 18.7 Å². The van der Waals surface area contributed by atoms with E-state index in [1.54, 1.807) is 36.4 Å². The van der Waals surface area contributed by atoms with Gasteiger partial charge in [0.05, 0.1) is 49.8 Å². The summed E-state index contributed by atoms with van der Waals surface area (Å²) in [6.45, 7) is 2.55. The number of aryl methyl sites for hydroxylation is 1. The molecule has 0 bridgehead atoms. The van der Waals surface area contributed by atoms with E-state index in [4.69, 9.17) is 9.47 Å². The zero-order valence-corrected chi connectivity index (χ0v) is 18.1. The van der Waals surface area contributed by atoms with Crippen LogP contribution in [0.2, 0.25) is 0 Å². The number of ether oxygens (including phenoxy) is 2. The highest BCUT2D eigenvalue weighted by Gasteiger charge is 2.33. The van der Waals surface area contributed by atoms with Gasteiger partial charge in [-0.2, -0.15) is 0 Å². The summed E-state index contributed by atoms with van der Waals surface area (Å²) in [7, 11) is 1.61. The molecule has 0 spiro atoms. The molecule has 33 heavy (non-hydrogen) atoms. The third-order valence-corrected chi connectivity index (χ3v) is 5.39. The molecule has 5 rings (SSSR count). The lowest BCUT2D eigenvalue weighted by molar-refractivity contribution is 0.129. The van der Waals surface area contributed by atoms with Crippen molar-refractivity contribution >= 4 is 11.8 Å². The van der Waals surface area contributed by atoms with Crippen LogP contribution in [0.4, 0.5) is 14.9 Å². The smallest absolute Gasteiger partial charge is 0.414 e. The number of nitrogens with zero attached hydrogens (tertiary/aromatic N) is 6. The second kappa shape index (κ2) is 8.38. The van der Waals surface area contributed by atoms with Gasteiger partial charge in [0.1, 0.15) is 23.4 Å². The molecule has 10 heteroatoms. The largest absolute Gasteiger partial charge is 0.495 e. The van der Waals surface area contributed by atoms with Crippen molar-refractivity contribution in [2.75, 3.05) is 18.6 Å². The normalized spacial score (nSPS) is 15.7. The number of cyclic esters (lactones) is 1. The first-order valence-corrected chi connectivity index (χ1v) is 10.3. The molecule has 9 nitrogen and oxygen atoms in total. The minimum atomic E-state index is -0.513. The molecule has 1 fully saturated rings. The molecule has 2 aromatic heterocycles. The summed E-state index contributed by atoms with van der Waals surface area (Å²) in [6, 6.07) is 11.6. The summed E-state index contributed by atoms with van der Waals surface area (Å²) in [4.78, 5) is 17.9. The molecule has 1 aliphatic rings. The van der Waals surface area contributed by atoms with Crippen LogP contribution in [0.15, 0.2) is 61.2 Å². The highest BCUT2D eigenvalue weighted by Crippen LogP contribution is 2.29. The predicted molar refractivity (Wildman–Crippen MR) is 118 cm³/mol. The van der Waals surface area contributed by atoms with Gasteiger partial charge in [0.15, 0.2) is 0 Å². The highest BCUT2D eigenvalue weighted by molar-refractivity contribution is 5.89. The van der Waals surface area contributed by atoms with E-state index in [9.17, 15) is 9.18 Å². The molecule has 1 atom stereocenters. The number of carbonyl (C=O) groups is 1. The molecule has 4 aromatic rings. The summed E-state index contributed by atoms with van der Waals surface area (Å²) >= 11 is 0. The first-order valence-electron chi connectivity index (χ1n) is 10.3. The summed E-state index contributed by atoms with van der Waals surface area (Å²) in [6.07, 6.45) is 4.50. The van der Waals surface area contributed by atoms with Gasteiger partial charge in [0.2, 0.25) is 0 Å². The fourth-order valence-electron chi connectivity index (χ4n) is 3.80. The van der Waals surface area contributed by atoms with Gasteiger partial charge in [-0.1, -0.05) is 17.3 Å². The van der Waals surface area contributed by atoms with Gasteiger partial charge in [-0.3, -0.25) is 4.90 Å². The van der Waals surface area contributed by atoms with E-state index in [1.165, 1.54) is 17.0 Å². The minimum Gasteiger partial charge on any atom is -0.495 e. The second-order valence-corrected chi connectivity index (χ2v) is 7.73. The quantitative estimate of drug-likeness (QED) is 0.448. The number of methoxy groups -OCH3 is 1. The monoisotopic (exact) mass is 448 g/mol. The fraction of sp³-hybridized carbons (Fsp3) is 0.217. The number of carbonyl (C=O) groups excluding carboxylic acids is 1.